The molecule has 0 bridgehead atoms. The number of aryl methyl sites for hydroxylation is 8. The van der Waals surface area contributed by atoms with Gasteiger partial charge in [0.1, 0.15) is 28.2 Å². The van der Waals surface area contributed by atoms with E-state index in [0.29, 0.717) is 0 Å². The van der Waals surface area contributed by atoms with E-state index in [0.717, 1.165) is 46.9 Å². The minimum atomic E-state index is -1.37. The molecule has 0 radical (unpaired) electrons. The van der Waals surface area contributed by atoms with Crippen LogP contribution < -0.4 is 18.3 Å². The fourth-order valence-electron chi connectivity index (χ4n) is 15.3. The van der Waals surface area contributed by atoms with E-state index in [4.69, 9.17) is 4.11 Å². The van der Waals surface area contributed by atoms with E-state index in [1.807, 2.05) is 45.0 Å². The van der Waals surface area contributed by atoms with Crippen molar-refractivity contribution in [3.8, 4) is 89.5 Å². The van der Waals surface area contributed by atoms with E-state index in [-0.39, 0.29) is 5.89 Å². The average molecular weight is 1320 g/mol. The molecule has 0 atom stereocenters. The maximum atomic E-state index is 8.79. The van der Waals surface area contributed by atoms with Gasteiger partial charge in [-0.2, -0.15) is 0 Å². The number of pyridine rings is 4. The molecule has 8 aromatic carbocycles. The first-order chi connectivity index (χ1) is 49.6. The number of nitrogens with zero attached hydrogens (tertiary/aromatic N) is 4. The van der Waals surface area contributed by atoms with Crippen LogP contribution >= 0.6 is 0 Å². The maximum Gasteiger partial charge on any atom is 0.212 e. The lowest BCUT2D eigenvalue weighted by atomic mass is 9.88. The van der Waals surface area contributed by atoms with E-state index >= 15 is 0 Å². The van der Waals surface area contributed by atoms with Gasteiger partial charge in [-0.3, -0.25) is 0 Å². The third-order valence-corrected chi connectivity index (χ3v) is 20.9. The largest absolute Gasteiger partial charge is 0.212 e. The van der Waals surface area contributed by atoms with Crippen molar-refractivity contribution in [2.24, 2.45) is 33.6 Å². The first-order valence-corrected chi connectivity index (χ1v) is 36.8. The molecule has 4 heteroatoms. The second-order valence-electron chi connectivity index (χ2n) is 29.5. The number of aromatic nitrogens is 4. The minimum Gasteiger partial charge on any atom is -0.200 e. The highest BCUT2D eigenvalue weighted by Crippen LogP contribution is 2.39. The Hall–Kier alpha value is -9.64. The van der Waals surface area contributed by atoms with E-state index in [1.165, 1.54) is 176 Å². The zero-order valence-electron chi connectivity index (χ0n) is 64.3. The number of rotatable bonds is 12. The Morgan fingerprint density at radius 2 is 0.610 bits per heavy atom. The highest BCUT2D eigenvalue weighted by molar-refractivity contribution is 5.71. The predicted molar refractivity (Wildman–Crippen MR) is 420 cm³/mol. The van der Waals surface area contributed by atoms with Crippen LogP contribution in [0.15, 0.2) is 267 Å². The molecule has 3 aliphatic rings. The fraction of sp³-hybridized carbons (Fsp3) is 0.292. The number of hydrogen-bond donors (Lipinski definition) is 0. The molecule has 0 N–H and O–H groups in total. The van der Waals surface area contributed by atoms with Crippen LogP contribution in [0.1, 0.15) is 164 Å². The van der Waals surface area contributed by atoms with Crippen LogP contribution in [0.25, 0.3) is 89.5 Å². The lowest BCUT2D eigenvalue weighted by molar-refractivity contribution is -0.660. The van der Waals surface area contributed by atoms with Crippen molar-refractivity contribution in [1.29, 1.82) is 0 Å². The van der Waals surface area contributed by atoms with Crippen LogP contribution in [0.5, 0.6) is 0 Å². The molecule has 12 aromatic rings. The van der Waals surface area contributed by atoms with Crippen LogP contribution in [0.4, 0.5) is 0 Å². The van der Waals surface area contributed by atoms with Gasteiger partial charge in [-0.1, -0.05) is 229 Å². The molecule has 3 saturated carbocycles. The lowest BCUT2D eigenvalue weighted by Crippen LogP contribution is -2.30. The van der Waals surface area contributed by atoms with Crippen LogP contribution in [-0.2, 0) is 34.6 Å². The van der Waals surface area contributed by atoms with E-state index < -0.39 is 11.8 Å². The Labute approximate surface area is 603 Å². The molecule has 4 nitrogen and oxygen atoms in total. The molecule has 506 valence electrons. The van der Waals surface area contributed by atoms with Gasteiger partial charge in [-0.05, 0) is 211 Å². The Morgan fingerprint density at radius 3 is 0.960 bits per heavy atom. The van der Waals surface area contributed by atoms with E-state index in [9.17, 15) is 0 Å². The molecule has 0 spiro atoms. The first kappa shape index (κ1) is 66.3. The van der Waals surface area contributed by atoms with Gasteiger partial charge >= 0.3 is 0 Å². The van der Waals surface area contributed by atoms with Crippen molar-refractivity contribution >= 4 is 0 Å². The molecular formula is C96H106N4+4. The van der Waals surface area contributed by atoms with Crippen LogP contribution in [0.2, 0.25) is 0 Å². The molecule has 15 rings (SSSR count). The van der Waals surface area contributed by atoms with Crippen LogP contribution in [-0.4, -0.2) is 0 Å². The van der Waals surface area contributed by atoms with Gasteiger partial charge in [0.05, 0.1) is 0 Å². The van der Waals surface area contributed by atoms with Crippen molar-refractivity contribution < 1.29 is 22.4 Å². The highest BCUT2D eigenvalue weighted by Gasteiger charge is 2.23. The molecule has 0 saturated heterocycles. The molecule has 4 aromatic heterocycles. The molecule has 4 heterocycles. The summed E-state index contributed by atoms with van der Waals surface area (Å²) in [6, 6.07) is 86.6. The molecule has 100 heavy (non-hydrogen) atoms. The third kappa shape index (κ3) is 17.5. The minimum absolute atomic E-state index is 0.390. The maximum absolute atomic E-state index is 8.79. The molecule has 3 aliphatic carbocycles. The average Bonchev–Trinajstić information content (AvgIpc) is 1.37. The monoisotopic (exact) mass is 1320 g/mol. The first-order valence-electron chi connectivity index (χ1n) is 38.3. The van der Waals surface area contributed by atoms with E-state index in [1.54, 1.807) is 0 Å². The topological polar surface area (TPSA) is 15.5 Å². The summed E-state index contributed by atoms with van der Waals surface area (Å²) in [6.45, 7) is 14.4. The Morgan fingerprint density at radius 1 is 0.310 bits per heavy atom. The summed E-state index contributed by atoms with van der Waals surface area (Å²) in [7, 11) is 8.46. The van der Waals surface area contributed by atoms with Crippen molar-refractivity contribution in [2.75, 3.05) is 0 Å². The summed E-state index contributed by atoms with van der Waals surface area (Å²) in [6.07, 6.45) is 22.8. The van der Waals surface area contributed by atoms with Crippen LogP contribution in [0.3, 0.4) is 0 Å². The third-order valence-electron chi connectivity index (χ3n) is 20.9. The quantitative estimate of drug-likeness (QED) is 0.108. The summed E-state index contributed by atoms with van der Waals surface area (Å²) in [4.78, 5) is 0. The van der Waals surface area contributed by atoms with E-state index in [2.05, 4.69) is 317 Å². The van der Waals surface area contributed by atoms with Gasteiger partial charge < -0.3 is 0 Å². The highest BCUT2D eigenvalue weighted by atomic mass is 14.9. The summed E-state index contributed by atoms with van der Waals surface area (Å²) in [5.74, 6) is 1.16. The summed E-state index contributed by atoms with van der Waals surface area (Å²) in [5.41, 5.74) is 29.5. The molecule has 3 fully saturated rings. The van der Waals surface area contributed by atoms with Gasteiger partial charge in [-0.15, -0.1) is 0 Å². The fourth-order valence-corrected chi connectivity index (χ4v) is 15.3. The van der Waals surface area contributed by atoms with Crippen molar-refractivity contribution in [1.82, 2.24) is 0 Å². The smallest absolute Gasteiger partial charge is 0.200 e. The van der Waals surface area contributed by atoms with Crippen molar-refractivity contribution in [2.45, 2.75) is 150 Å². The molecule has 0 aliphatic heterocycles. The summed E-state index contributed by atoms with van der Waals surface area (Å²) in [5, 5.41) is 0. The normalized spacial score (nSPS) is 14.9. The number of hydrogen-bond acceptors (Lipinski definition) is 0. The lowest BCUT2D eigenvalue weighted by Gasteiger charge is -2.18. The molecule has 0 amide bonds. The van der Waals surface area contributed by atoms with Gasteiger partial charge in [0.25, 0.3) is 0 Å². The number of benzene rings is 8. The Bertz CT molecular complexity index is 4890. The van der Waals surface area contributed by atoms with Crippen molar-refractivity contribution in [3.05, 3.63) is 312 Å². The van der Waals surface area contributed by atoms with Gasteiger partial charge in [-0.25, -0.2) is 18.3 Å². The van der Waals surface area contributed by atoms with Gasteiger partial charge in [0, 0.05) is 72.9 Å². The molecule has 0 unspecified atom stereocenters. The predicted octanol–water partition coefficient (Wildman–Crippen LogP) is 23.2. The SMILES string of the molecule is Cc1ccccc1-c1ccc(-c2ccc(C3CCCC3)cc2)c[n+]1C.Cc1ccccc1-c1ccc(-c2cccc(C3CCCC3)c2)c[n+]1C.[2H]C([2H])(c1ccc(-c2ccc(-c3ccccc3C)[n+](C)c2)cc1)C(C)(C)C.[2H]C1(c2cccc(-c3ccc(-c4ccccc4C)[n+](C)c3)c2)CCCC1. The second-order valence-corrected chi connectivity index (χ2v) is 29.5. The Kier molecular flexibility index (Phi) is 21.6. The zero-order chi connectivity index (χ0) is 72.4. The van der Waals surface area contributed by atoms with Crippen LogP contribution in [0, 0.1) is 33.1 Å². The van der Waals surface area contributed by atoms with Gasteiger partial charge in [0.15, 0.2) is 24.8 Å². The Balaban J connectivity index is 0.000000129. The van der Waals surface area contributed by atoms with Crippen molar-refractivity contribution in [3.63, 3.8) is 0 Å². The summed E-state index contributed by atoms with van der Waals surface area (Å²) >= 11 is 0. The summed E-state index contributed by atoms with van der Waals surface area (Å²) < 4.78 is 34.5. The van der Waals surface area contributed by atoms with Gasteiger partial charge in [0.2, 0.25) is 22.8 Å². The standard InChI is InChI=1S/3C24H26N.C24H28N/c2*1-18-8-3-6-13-23(18)24-15-14-22(17-25(24)2)21-12-7-11-20(16-21)19-9-4-5-10-19;1-18-7-3-6-10-23(18)24-16-15-22(17-25(24)2)21-13-11-20(12-14-21)19-8-4-5-9-19;1-18-8-6-7-9-22(18)23-15-14-21(17-25(23)5)20-12-10-19(11-13-20)16-24(2,3)4/h2*3,6-8,11-17,19H,4-5,9-10H2,1-2H3;3,6-7,10-17,19H,4-5,8-9H2,1-2H3;6-15,17H,16H2,1-5H3/q4*+1/i19D;;;16D2. The zero-order valence-corrected chi connectivity index (χ0v) is 61.3. The molecular weight excluding hydrogens is 1210 g/mol. The second kappa shape index (κ2) is 32.6.